The molecule has 0 saturated carbocycles. The number of aromatic nitrogens is 5. The highest BCUT2D eigenvalue weighted by Gasteiger charge is 2.18. The van der Waals surface area contributed by atoms with Gasteiger partial charge in [-0.25, -0.2) is 24.3 Å². The second-order valence-corrected chi connectivity index (χ2v) is 7.56. The van der Waals surface area contributed by atoms with Gasteiger partial charge in [0.1, 0.15) is 5.82 Å². The van der Waals surface area contributed by atoms with Gasteiger partial charge in [-0.3, -0.25) is 9.20 Å². The molecule has 0 spiro atoms. The highest BCUT2D eigenvalue weighted by atomic mass is 32.1. The highest BCUT2D eigenvalue weighted by molar-refractivity contribution is 7.07. The largest absolute Gasteiger partial charge is 0.436 e. The summed E-state index contributed by atoms with van der Waals surface area (Å²) in [7, 11) is 0. The van der Waals surface area contributed by atoms with Crippen LogP contribution >= 0.6 is 11.3 Å². The Hall–Kier alpha value is -3.92. The molecular weight excluding hydrogens is 419 g/mol. The van der Waals surface area contributed by atoms with Crippen LogP contribution in [0, 0.1) is 19.7 Å². The Morgan fingerprint density at radius 1 is 1.16 bits per heavy atom. The first kappa shape index (κ1) is 19.1. The van der Waals surface area contributed by atoms with Crippen LogP contribution in [-0.4, -0.2) is 30.2 Å². The Kier molecular flexibility index (Phi) is 4.55. The zero-order chi connectivity index (χ0) is 21.5. The fourth-order valence-electron chi connectivity index (χ4n) is 3.23. The van der Waals surface area contributed by atoms with Gasteiger partial charge >= 0.3 is 0 Å². The monoisotopic (exact) mass is 434 g/mol. The Labute approximate surface area is 179 Å². The van der Waals surface area contributed by atoms with E-state index in [4.69, 9.17) is 4.42 Å². The number of hydrogen-bond donors (Lipinski definition) is 1. The number of nitrogens with zero attached hydrogens (tertiary/aromatic N) is 5. The quantitative estimate of drug-likeness (QED) is 0.447. The first-order chi connectivity index (χ1) is 15.0. The van der Waals surface area contributed by atoms with Gasteiger partial charge < -0.3 is 9.73 Å². The summed E-state index contributed by atoms with van der Waals surface area (Å²) in [4.78, 5) is 29.6. The number of thiazole rings is 1. The molecule has 1 amide bonds. The van der Waals surface area contributed by atoms with Crippen molar-refractivity contribution in [3.63, 3.8) is 0 Å². The number of halogens is 1. The average Bonchev–Trinajstić information content (AvgIpc) is 3.48. The number of imidazole rings is 1. The smallest absolute Gasteiger partial charge is 0.293 e. The molecule has 0 bridgehead atoms. The molecule has 5 aromatic rings. The minimum Gasteiger partial charge on any atom is -0.436 e. The number of hydrogen-bond acceptors (Lipinski definition) is 7. The van der Waals surface area contributed by atoms with E-state index >= 15 is 0 Å². The standard InChI is InChI=1S/C21H15FN6O2S/c1-11-19(30-12(2)25-11)20(29)26-14-3-4-16(22)15(5-14)17-8-28-7-13(6-23-21(28)27-17)18-9-31-10-24-18/h3-10H,1-2H3,(H,26,29). The van der Waals surface area contributed by atoms with E-state index in [1.165, 1.54) is 29.5 Å². The fourth-order valence-corrected chi connectivity index (χ4v) is 3.79. The summed E-state index contributed by atoms with van der Waals surface area (Å²) >= 11 is 1.49. The Morgan fingerprint density at radius 2 is 2.03 bits per heavy atom. The van der Waals surface area contributed by atoms with Crippen molar-refractivity contribution in [3.8, 4) is 22.5 Å². The lowest BCUT2D eigenvalue weighted by atomic mass is 10.1. The van der Waals surface area contributed by atoms with Crippen molar-refractivity contribution in [3.05, 3.63) is 70.8 Å². The average molecular weight is 434 g/mol. The van der Waals surface area contributed by atoms with Crippen LogP contribution in [0.25, 0.3) is 28.3 Å². The van der Waals surface area contributed by atoms with Crippen molar-refractivity contribution in [2.24, 2.45) is 0 Å². The zero-order valence-electron chi connectivity index (χ0n) is 16.5. The molecule has 0 aliphatic heterocycles. The fraction of sp³-hybridized carbons (Fsp3) is 0.0952. The summed E-state index contributed by atoms with van der Waals surface area (Å²) in [5.41, 5.74) is 4.91. The van der Waals surface area contributed by atoms with E-state index in [9.17, 15) is 9.18 Å². The third-order valence-electron chi connectivity index (χ3n) is 4.65. The van der Waals surface area contributed by atoms with Crippen molar-refractivity contribution in [1.82, 2.24) is 24.3 Å². The van der Waals surface area contributed by atoms with Crippen molar-refractivity contribution in [2.75, 3.05) is 5.32 Å². The van der Waals surface area contributed by atoms with Crippen LogP contribution in [0.1, 0.15) is 22.1 Å². The van der Waals surface area contributed by atoms with Gasteiger partial charge in [0.15, 0.2) is 5.89 Å². The lowest BCUT2D eigenvalue weighted by Crippen LogP contribution is -2.12. The summed E-state index contributed by atoms with van der Waals surface area (Å²) in [5.74, 6) is 0.0233. The molecule has 4 heterocycles. The predicted molar refractivity (Wildman–Crippen MR) is 113 cm³/mol. The molecule has 0 radical (unpaired) electrons. The summed E-state index contributed by atoms with van der Waals surface area (Å²) in [6.45, 7) is 3.35. The zero-order valence-corrected chi connectivity index (χ0v) is 17.3. The third kappa shape index (κ3) is 3.57. The molecule has 0 aliphatic carbocycles. The summed E-state index contributed by atoms with van der Waals surface area (Å²) in [6.07, 6.45) is 5.20. The Balaban J connectivity index is 1.48. The molecule has 154 valence electrons. The van der Waals surface area contributed by atoms with Crippen molar-refractivity contribution < 1.29 is 13.6 Å². The van der Waals surface area contributed by atoms with Gasteiger partial charge in [0.2, 0.25) is 11.5 Å². The number of amides is 1. The van der Waals surface area contributed by atoms with Crippen molar-refractivity contribution in [2.45, 2.75) is 13.8 Å². The number of rotatable bonds is 4. The molecule has 1 N–H and O–H groups in total. The molecule has 8 nitrogen and oxygen atoms in total. The number of oxazole rings is 1. The summed E-state index contributed by atoms with van der Waals surface area (Å²) in [5, 5.41) is 4.64. The van der Waals surface area contributed by atoms with Crippen molar-refractivity contribution >= 4 is 28.7 Å². The first-order valence-corrected chi connectivity index (χ1v) is 10.2. The number of benzene rings is 1. The SMILES string of the molecule is Cc1nc(C)c(C(=O)Nc2ccc(F)c(-c3cn4cc(-c5cscn5)cnc4n3)c2)o1. The van der Waals surface area contributed by atoms with E-state index in [1.54, 1.807) is 36.2 Å². The summed E-state index contributed by atoms with van der Waals surface area (Å²) < 4.78 is 21.7. The second kappa shape index (κ2) is 7.40. The lowest BCUT2D eigenvalue weighted by Gasteiger charge is -2.06. The molecule has 0 saturated heterocycles. The minimum absolute atomic E-state index is 0.120. The molecule has 5 rings (SSSR count). The van der Waals surface area contributed by atoms with Gasteiger partial charge in [0.05, 0.1) is 22.6 Å². The third-order valence-corrected chi connectivity index (χ3v) is 5.23. The Morgan fingerprint density at radius 3 is 2.77 bits per heavy atom. The van der Waals surface area contributed by atoms with Crippen LogP contribution in [0.3, 0.4) is 0 Å². The molecule has 31 heavy (non-hydrogen) atoms. The normalized spacial score (nSPS) is 11.2. The van der Waals surface area contributed by atoms with Gasteiger partial charge in [-0.05, 0) is 25.1 Å². The van der Waals surface area contributed by atoms with E-state index in [0.29, 0.717) is 28.7 Å². The van der Waals surface area contributed by atoms with Crippen LogP contribution in [-0.2, 0) is 0 Å². The minimum atomic E-state index is -0.465. The highest BCUT2D eigenvalue weighted by Crippen LogP contribution is 2.27. The molecular formula is C21H15FN6O2S. The van der Waals surface area contributed by atoms with Gasteiger partial charge in [0, 0.05) is 47.7 Å². The molecule has 0 aliphatic rings. The van der Waals surface area contributed by atoms with E-state index in [1.807, 2.05) is 11.6 Å². The molecule has 0 unspecified atom stereocenters. The van der Waals surface area contributed by atoms with E-state index in [-0.39, 0.29) is 11.3 Å². The summed E-state index contributed by atoms with van der Waals surface area (Å²) in [6, 6.07) is 4.28. The van der Waals surface area contributed by atoms with E-state index in [0.717, 1.165) is 11.3 Å². The maximum absolute atomic E-state index is 14.6. The Bertz CT molecular complexity index is 1420. The van der Waals surface area contributed by atoms with Crippen LogP contribution in [0.4, 0.5) is 10.1 Å². The molecule has 10 heteroatoms. The molecule has 0 fully saturated rings. The van der Waals surface area contributed by atoms with Crippen LogP contribution < -0.4 is 5.32 Å². The maximum Gasteiger partial charge on any atom is 0.293 e. The molecule has 1 aromatic carbocycles. The van der Waals surface area contributed by atoms with Gasteiger partial charge in [-0.1, -0.05) is 0 Å². The number of aryl methyl sites for hydroxylation is 2. The number of nitrogens with one attached hydrogen (secondary N) is 1. The van der Waals surface area contributed by atoms with Gasteiger partial charge in [-0.2, -0.15) is 0 Å². The second-order valence-electron chi connectivity index (χ2n) is 6.85. The van der Waals surface area contributed by atoms with Gasteiger partial charge in [0.25, 0.3) is 5.91 Å². The van der Waals surface area contributed by atoms with Crippen LogP contribution in [0.15, 0.2) is 52.1 Å². The number of carbonyl (C=O) groups excluding carboxylic acids is 1. The predicted octanol–water partition coefficient (Wildman–Crippen LogP) is 4.52. The van der Waals surface area contributed by atoms with Crippen LogP contribution in [0.5, 0.6) is 0 Å². The number of carbonyl (C=O) groups is 1. The van der Waals surface area contributed by atoms with E-state index in [2.05, 4.69) is 25.3 Å². The first-order valence-electron chi connectivity index (χ1n) is 9.26. The van der Waals surface area contributed by atoms with Crippen LogP contribution in [0.2, 0.25) is 0 Å². The van der Waals surface area contributed by atoms with E-state index < -0.39 is 11.7 Å². The molecule has 0 atom stereocenters. The topological polar surface area (TPSA) is 98.2 Å². The van der Waals surface area contributed by atoms with Gasteiger partial charge in [-0.15, -0.1) is 11.3 Å². The number of fused-ring (bicyclic) bond motifs is 1. The molecule has 4 aromatic heterocycles. The number of anilines is 1. The maximum atomic E-state index is 14.6. The lowest BCUT2D eigenvalue weighted by molar-refractivity contribution is 0.0994. The van der Waals surface area contributed by atoms with Crippen molar-refractivity contribution in [1.29, 1.82) is 0 Å².